The zero-order valence-corrected chi connectivity index (χ0v) is 19.3. The summed E-state index contributed by atoms with van der Waals surface area (Å²) < 4.78 is 7.37. The second-order valence-electron chi connectivity index (χ2n) is 9.65. The molecule has 4 rings (SSSR count). The van der Waals surface area contributed by atoms with Crippen LogP contribution in [0, 0.1) is 0 Å². The van der Waals surface area contributed by atoms with Gasteiger partial charge in [-0.25, -0.2) is 4.79 Å². The van der Waals surface area contributed by atoms with Crippen LogP contribution in [-0.4, -0.2) is 63.9 Å². The third-order valence-electron chi connectivity index (χ3n) is 6.04. The van der Waals surface area contributed by atoms with Crippen LogP contribution < -0.4 is 10.2 Å². The molecule has 0 radical (unpaired) electrons. The Hall–Kier alpha value is -3.10. The first kappa shape index (κ1) is 22.1. The molecule has 1 unspecified atom stereocenters. The molecule has 2 aliphatic rings. The summed E-state index contributed by atoms with van der Waals surface area (Å²) in [6.45, 7) is 9.52. The number of piperazine rings is 1. The zero-order chi connectivity index (χ0) is 23.2. The molecule has 2 aliphatic heterocycles. The van der Waals surface area contributed by atoms with E-state index in [1.165, 1.54) is 0 Å². The van der Waals surface area contributed by atoms with Crippen molar-refractivity contribution in [3.05, 3.63) is 23.9 Å². The Kier molecular flexibility index (Phi) is 5.60. The van der Waals surface area contributed by atoms with E-state index in [4.69, 9.17) is 4.74 Å². The summed E-state index contributed by atoms with van der Waals surface area (Å²) in [7, 11) is 1.88. The van der Waals surface area contributed by atoms with E-state index in [1.807, 2.05) is 57.6 Å². The van der Waals surface area contributed by atoms with Crippen molar-refractivity contribution in [2.24, 2.45) is 7.05 Å². The van der Waals surface area contributed by atoms with Crippen molar-refractivity contribution in [2.45, 2.75) is 58.1 Å². The van der Waals surface area contributed by atoms with Gasteiger partial charge in [0, 0.05) is 44.5 Å². The fraction of sp³-hybridized carbons (Fsp3) is 0.565. The van der Waals surface area contributed by atoms with E-state index < -0.39 is 11.5 Å². The Labute approximate surface area is 187 Å². The summed E-state index contributed by atoms with van der Waals surface area (Å²) in [5.41, 5.74) is 2.15. The molecule has 2 fully saturated rings. The Balaban J connectivity index is 1.60. The topological polar surface area (TPSA) is 96.8 Å². The Morgan fingerprint density at radius 1 is 1.22 bits per heavy atom. The van der Waals surface area contributed by atoms with E-state index >= 15 is 0 Å². The maximum Gasteiger partial charge on any atom is 0.410 e. The van der Waals surface area contributed by atoms with Gasteiger partial charge in [-0.1, -0.05) is 12.1 Å². The lowest BCUT2D eigenvalue weighted by molar-refractivity contribution is -0.134. The van der Waals surface area contributed by atoms with Gasteiger partial charge in [-0.05, 0) is 40.2 Å². The van der Waals surface area contributed by atoms with Gasteiger partial charge >= 0.3 is 6.09 Å². The average molecular weight is 442 g/mol. The fourth-order valence-corrected chi connectivity index (χ4v) is 4.58. The molecule has 3 amide bonds. The molecule has 0 aliphatic carbocycles. The summed E-state index contributed by atoms with van der Waals surface area (Å²) in [5, 5.41) is 8.03. The number of fused-ring (bicyclic) bond motifs is 1. The van der Waals surface area contributed by atoms with Crippen molar-refractivity contribution in [1.82, 2.24) is 20.0 Å². The number of benzene rings is 1. The van der Waals surface area contributed by atoms with Gasteiger partial charge in [0.15, 0.2) is 0 Å². The van der Waals surface area contributed by atoms with Crippen LogP contribution in [0.5, 0.6) is 0 Å². The third-order valence-corrected chi connectivity index (χ3v) is 6.04. The van der Waals surface area contributed by atoms with Crippen molar-refractivity contribution in [3.63, 3.8) is 0 Å². The van der Waals surface area contributed by atoms with Crippen LogP contribution in [0.2, 0.25) is 0 Å². The number of imide groups is 1. The molecule has 2 saturated heterocycles. The van der Waals surface area contributed by atoms with Crippen LogP contribution in [0.15, 0.2) is 18.2 Å². The van der Waals surface area contributed by atoms with E-state index in [-0.39, 0.29) is 23.9 Å². The highest BCUT2D eigenvalue weighted by Crippen LogP contribution is 2.35. The predicted octanol–water partition coefficient (Wildman–Crippen LogP) is 2.54. The first-order valence-electron chi connectivity index (χ1n) is 11.1. The van der Waals surface area contributed by atoms with Crippen LogP contribution in [0.1, 0.15) is 52.1 Å². The highest BCUT2D eigenvalue weighted by atomic mass is 16.6. The minimum absolute atomic E-state index is 0.0170. The van der Waals surface area contributed by atoms with Crippen LogP contribution >= 0.6 is 0 Å². The lowest BCUT2D eigenvalue weighted by atomic mass is 9.92. The van der Waals surface area contributed by atoms with Gasteiger partial charge in [-0.15, -0.1) is 0 Å². The third kappa shape index (κ3) is 4.16. The summed E-state index contributed by atoms with van der Waals surface area (Å²) in [5.74, 6) is -0.954. The van der Waals surface area contributed by atoms with E-state index in [0.717, 1.165) is 16.6 Å². The highest BCUT2D eigenvalue weighted by Gasteiger charge is 2.34. The number of piperidine rings is 1. The molecular formula is C23H31N5O4. The summed E-state index contributed by atoms with van der Waals surface area (Å²) in [6, 6.07) is 5.98. The molecule has 9 heteroatoms. The van der Waals surface area contributed by atoms with Crippen molar-refractivity contribution < 1.29 is 19.1 Å². The number of hydrogen-bond donors (Lipinski definition) is 1. The number of hydrogen-bond acceptors (Lipinski definition) is 6. The Bertz CT molecular complexity index is 1070. The number of anilines is 1. The average Bonchev–Trinajstić information content (AvgIpc) is 3.03. The van der Waals surface area contributed by atoms with E-state index in [2.05, 4.69) is 15.3 Å². The monoisotopic (exact) mass is 441 g/mol. The molecule has 1 aromatic carbocycles. The first-order valence-corrected chi connectivity index (χ1v) is 11.1. The first-order chi connectivity index (χ1) is 15.0. The quantitative estimate of drug-likeness (QED) is 0.720. The molecule has 0 saturated carbocycles. The number of carbonyl (C=O) groups is 3. The summed E-state index contributed by atoms with van der Waals surface area (Å²) in [4.78, 5) is 40.6. The second kappa shape index (κ2) is 8.11. The maximum absolute atomic E-state index is 12.6. The lowest BCUT2D eigenvalue weighted by Crippen LogP contribution is -2.55. The normalized spacial score (nSPS) is 22.3. The molecule has 2 aromatic rings. The standard InChI is InChI=1S/C23H31N5O4/c1-14-13-27(11-12-28(14)22(31)32-23(2,3)4)17-8-6-7-15-19(25-26(5)20(15)17)16-9-10-18(29)24-21(16)30/h6-8,14,16H,9-13H2,1-5H3,(H,24,29,30)/t14-,16?/m1/s1. The maximum atomic E-state index is 12.6. The summed E-state index contributed by atoms with van der Waals surface area (Å²) in [6.07, 6.45) is 0.494. The van der Waals surface area contributed by atoms with E-state index in [1.54, 1.807) is 4.90 Å². The molecule has 0 spiro atoms. The van der Waals surface area contributed by atoms with Gasteiger partial charge in [-0.2, -0.15) is 5.10 Å². The number of nitrogens with one attached hydrogen (secondary N) is 1. The zero-order valence-electron chi connectivity index (χ0n) is 19.3. The van der Waals surface area contributed by atoms with Gasteiger partial charge in [0.25, 0.3) is 0 Å². The van der Waals surface area contributed by atoms with Gasteiger partial charge in [0.05, 0.1) is 22.8 Å². The van der Waals surface area contributed by atoms with Crippen LogP contribution in [0.3, 0.4) is 0 Å². The molecule has 2 atom stereocenters. The Morgan fingerprint density at radius 2 is 1.97 bits per heavy atom. The number of ether oxygens (including phenoxy) is 1. The van der Waals surface area contributed by atoms with Crippen molar-refractivity contribution >= 4 is 34.5 Å². The van der Waals surface area contributed by atoms with Gasteiger partial charge in [-0.3, -0.25) is 19.6 Å². The smallest absolute Gasteiger partial charge is 0.410 e. The number of rotatable bonds is 2. The molecule has 9 nitrogen and oxygen atoms in total. The fourth-order valence-electron chi connectivity index (χ4n) is 4.58. The van der Waals surface area contributed by atoms with Gasteiger partial charge in [0.2, 0.25) is 11.8 Å². The summed E-state index contributed by atoms with van der Waals surface area (Å²) >= 11 is 0. The van der Waals surface area contributed by atoms with Gasteiger partial charge < -0.3 is 14.5 Å². The number of nitrogens with zero attached hydrogens (tertiary/aromatic N) is 4. The minimum Gasteiger partial charge on any atom is -0.444 e. The predicted molar refractivity (Wildman–Crippen MR) is 120 cm³/mol. The molecule has 3 heterocycles. The molecular weight excluding hydrogens is 410 g/mol. The van der Waals surface area contributed by atoms with E-state index in [0.29, 0.717) is 38.2 Å². The second-order valence-corrected chi connectivity index (χ2v) is 9.65. The largest absolute Gasteiger partial charge is 0.444 e. The Morgan fingerprint density at radius 3 is 2.62 bits per heavy atom. The number of carbonyl (C=O) groups excluding carboxylic acids is 3. The number of aryl methyl sites for hydroxylation is 1. The lowest BCUT2D eigenvalue weighted by Gasteiger charge is -2.41. The molecule has 1 N–H and O–H groups in total. The van der Waals surface area contributed by atoms with Crippen LogP contribution in [0.4, 0.5) is 10.5 Å². The molecule has 0 bridgehead atoms. The van der Waals surface area contributed by atoms with Gasteiger partial charge in [0.1, 0.15) is 5.60 Å². The van der Waals surface area contributed by atoms with Crippen LogP contribution in [-0.2, 0) is 21.4 Å². The van der Waals surface area contributed by atoms with E-state index in [9.17, 15) is 14.4 Å². The molecule has 1 aromatic heterocycles. The van der Waals surface area contributed by atoms with Crippen molar-refractivity contribution in [3.8, 4) is 0 Å². The van der Waals surface area contributed by atoms with Crippen molar-refractivity contribution in [1.29, 1.82) is 0 Å². The number of amides is 3. The van der Waals surface area contributed by atoms with Crippen molar-refractivity contribution in [2.75, 3.05) is 24.5 Å². The number of aromatic nitrogens is 2. The SMILES string of the molecule is C[C@@H]1CN(c2cccc3c(C4CCC(=O)NC4=O)nn(C)c23)CCN1C(=O)OC(C)(C)C. The molecule has 172 valence electrons. The van der Waals surface area contributed by atoms with Crippen LogP contribution in [0.25, 0.3) is 10.9 Å². The minimum atomic E-state index is -0.527. The number of para-hydroxylation sites is 1. The highest BCUT2D eigenvalue weighted by molar-refractivity contribution is 6.03. The molecule has 32 heavy (non-hydrogen) atoms.